The lowest BCUT2D eigenvalue weighted by atomic mass is 10.0. The number of carbonyl (C=O) groups excluding carboxylic acids is 2. The number of aryl methyl sites for hydroxylation is 2. The molecular weight excluding hydrogens is 326 g/mol. The normalized spacial score (nSPS) is 31.8. The summed E-state index contributed by atoms with van der Waals surface area (Å²) in [6.07, 6.45) is 6.38. The quantitative estimate of drug-likeness (QED) is 0.774. The molecule has 0 aromatic carbocycles. The molecule has 1 aliphatic carbocycles. The Morgan fingerprint density at radius 3 is 3.00 bits per heavy atom. The lowest BCUT2D eigenvalue weighted by Crippen LogP contribution is -2.56. The molecule has 128 valence electrons. The Labute approximate surface area is 144 Å². The van der Waals surface area contributed by atoms with Crippen molar-refractivity contribution in [3.63, 3.8) is 0 Å². The zero-order valence-electron chi connectivity index (χ0n) is 13.6. The van der Waals surface area contributed by atoms with E-state index in [0.717, 1.165) is 44.3 Å². The minimum absolute atomic E-state index is 0.0138. The molecule has 2 amide bonds. The van der Waals surface area contributed by atoms with Gasteiger partial charge in [0.15, 0.2) is 10.7 Å². The minimum Gasteiger partial charge on any atom is -0.353 e. The van der Waals surface area contributed by atoms with Crippen LogP contribution in [0.15, 0.2) is 0 Å². The summed E-state index contributed by atoms with van der Waals surface area (Å²) in [5, 5.41) is 0.598. The lowest BCUT2D eigenvalue weighted by molar-refractivity contribution is -0.179. The third-order valence-corrected chi connectivity index (χ3v) is 7.05. The Bertz CT molecular complexity index is 694. The molecule has 3 aliphatic heterocycles. The minimum atomic E-state index is -0.568. The highest BCUT2D eigenvalue weighted by molar-refractivity contribution is 7.13. The van der Waals surface area contributed by atoms with Gasteiger partial charge < -0.3 is 14.5 Å². The van der Waals surface area contributed by atoms with Gasteiger partial charge in [-0.1, -0.05) is 0 Å². The summed E-state index contributed by atoms with van der Waals surface area (Å²) in [5.41, 5.74) is 0.545. The van der Waals surface area contributed by atoms with Crippen LogP contribution in [0, 0.1) is 0 Å². The van der Waals surface area contributed by atoms with Crippen LogP contribution in [-0.2, 0) is 22.4 Å². The second kappa shape index (κ2) is 5.26. The van der Waals surface area contributed by atoms with Crippen LogP contribution in [0.25, 0.3) is 0 Å². The van der Waals surface area contributed by atoms with Crippen molar-refractivity contribution in [1.82, 2.24) is 14.8 Å². The van der Waals surface area contributed by atoms with E-state index in [1.165, 1.54) is 11.3 Å². The Morgan fingerprint density at radius 2 is 2.12 bits per heavy atom. The van der Waals surface area contributed by atoms with Gasteiger partial charge in [-0.05, 0) is 32.1 Å². The fourth-order valence-electron chi connectivity index (χ4n) is 4.76. The zero-order valence-corrected chi connectivity index (χ0v) is 14.4. The first-order valence-corrected chi connectivity index (χ1v) is 9.75. The molecular formula is C17H21N3O3S. The van der Waals surface area contributed by atoms with Crippen LogP contribution in [-0.4, -0.2) is 58.1 Å². The van der Waals surface area contributed by atoms with E-state index in [1.54, 1.807) is 11.3 Å². The predicted octanol–water partition coefficient (Wildman–Crippen LogP) is 1.59. The highest BCUT2D eigenvalue weighted by Gasteiger charge is 2.61. The second-order valence-corrected chi connectivity index (χ2v) is 8.24. The van der Waals surface area contributed by atoms with Crippen LogP contribution in [0.4, 0.5) is 0 Å². The first kappa shape index (κ1) is 14.8. The van der Waals surface area contributed by atoms with Crippen molar-refractivity contribution in [1.29, 1.82) is 0 Å². The summed E-state index contributed by atoms with van der Waals surface area (Å²) in [6, 6.07) is -0.154. The fourth-order valence-corrected chi connectivity index (χ4v) is 5.86. The van der Waals surface area contributed by atoms with Gasteiger partial charge in [-0.3, -0.25) is 9.59 Å². The molecule has 0 unspecified atom stereocenters. The number of likely N-dealkylation sites (tertiary alicyclic amines) is 1. The summed E-state index contributed by atoms with van der Waals surface area (Å²) < 4.78 is 6.08. The van der Waals surface area contributed by atoms with Crippen molar-refractivity contribution in [3.8, 4) is 0 Å². The van der Waals surface area contributed by atoms with E-state index in [9.17, 15) is 9.59 Å². The predicted molar refractivity (Wildman–Crippen MR) is 87.8 cm³/mol. The number of nitrogens with zero attached hydrogens (tertiary/aromatic N) is 3. The van der Waals surface area contributed by atoms with Crippen molar-refractivity contribution >= 4 is 23.2 Å². The number of hydrogen-bond acceptors (Lipinski definition) is 5. The summed E-state index contributed by atoms with van der Waals surface area (Å²) in [5.74, 6) is 0.107. The van der Waals surface area contributed by atoms with Crippen LogP contribution < -0.4 is 0 Å². The van der Waals surface area contributed by atoms with Crippen LogP contribution >= 0.6 is 11.3 Å². The molecule has 3 fully saturated rings. The van der Waals surface area contributed by atoms with E-state index in [1.807, 2.05) is 9.80 Å². The molecule has 0 bridgehead atoms. The molecule has 24 heavy (non-hydrogen) atoms. The number of carbonyl (C=O) groups is 2. The van der Waals surface area contributed by atoms with Gasteiger partial charge in [0.2, 0.25) is 5.91 Å². The number of amides is 2. The molecule has 4 heterocycles. The molecule has 5 rings (SSSR count). The number of thiazole rings is 1. The molecule has 7 heteroatoms. The number of ether oxygens (including phenoxy) is 1. The largest absolute Gasteiger partial charge is 0.353 e. The number of rotatable bonds is 1. The third kappa shape index (κ3) is 1.94. The van der Waals surface area contributed by atoms with E-state index in [0.29, 0.717) is 24.6 Å². The molecule has 3 saturated heterocycles. The van der Waals surface area contributed by atoms with Gasteiger partial charge in [0, 0.05) is 24.4 Å². The average molecular weight is 347 g/mol. The van der Waals surface area contributed by atoms with Gasteiger partial charge in [0.05, 0.1) is 24.8 Å². The van der Waals surface area contributed by atoms with Gasteiger partial charge >= 0.3 is 0 Å². The van der Waals surface area contributed by atoms with E-state index >= 15 is 0 Å². The van der Waals surface area contributed by atoms with Gasteiger partial charge in [0.1, 0.15) is 0 Å². The molecule has 0 N–H and O–H groups in total. The number of hydrogen-bond donors (Lipinski definition) is 0. The molecule has 1 aromatic heterocycles. The molecule has 0 radical (unpaired) electrons. The van der Waals surface area contributed by atoms with E-state index in [4.69, 9.17) is 4.74 Å². The first-order valence-electron chi connectivity index (χ1n) is 8.93. The zero-order chi connectivity index (χ0) is 16.3. The van der Waals surface area contributed by atoms with Gasteiger partial charge in [-0.25, -0.2) is 4.98 Å². The fraction of sp³-hybridized carbons (Fsp3) is 0.706. The molecule has 2 atom stereocenters. The summed E-state index contributed by atoms with van der Waals surface area (Å²) in [6.45, 7) is 2.08. The van der Waals surface area contributed by atoms with Crippen molar-refractivity contribution in [2.75, 3.05) is 19.7 Å². The van der Waals surface area contributed by atoms with E-state index in [2.05, 4.69) is 4.98 Å². The first-order chi connectivity index (χ1) is 11.7. The maximum Gasteiger partial charge on any atom is 0.283 e. The maximum atomic E-state index is 13.1. The highest BCUT2D eigenvalue weighted by Crippen LogP contribution is 2.45. The summed E-state index contributed by atoms with van der Waals surface area (Å²) in [7, 11) is 0. The third-order valence-electron chi connectivity index (χ3n) is 5.90. The topological polar surface area (TPSA) is 62.7 Å². The van der Waals surface area contributed by atoms with Crippen molar-refractivity contribution in [2.24, 2.45) is 0 Å². The average Bonchev–Trinajstić information content (AvgIpc) is 3.24. The van der Waals surface area contributed by atoms with Crippen LogP contribution in [0.2, 0.25) is 0 Å². The Morgan fingerprint density at radius 1 is 1.25 bits per heavy atom. The van der Waals surface area contributed by atoms with E-state index < -0.39 is 5.72 Å². The van der Waals surface area contributed by atoms with Gasteiger partial charge in [-0.15, -0.1) is 11.3 Å². The SMILES string of the molecule is O=C(c1nc2c(s1)CCCC2)N1CC[C@@]23OCCCN2C(=O)C[C@@H]13. The van der Waals surface area contributed by atoms with E-state index in [-0.39, 0.29) is 17.9 Å². The molecule has 6 nitrogen and oxygen atoms in total. The maximum absolute atomic E-state index is 13.1. The smallest absolute Gasteiger partial charge is 0.283 e. The monoisotopic (exact) mass is 347 g/mol. The van der Waals surface area contributed by atoms with Gasteiger partial charge in [0.25, 0.3) is 5.91 Å². The summed E-state index contributed by atoms with van der Waals surface area (Å²) >= 11 is 1.55. The summed E-state index contributed by atoms with van der Waals surface area (Å²) in [4.78, 5) is 35.1. The Balaban J connectivity index is 1.44. The van der Waals surface area contributed by atoms with Crippen molar-refractivity contribution in [3.05, 3.63) is 15.6 Å². The number of aromatic nitrogens is 1. The van der Waals surface area contributed by atoms with Crippen LogP contribution in [0.3, 0.4) is 0 Å². The molecule has 0 saturated carbocycles. The van der Waals surface area contributed by atoms with Crippen LogP contribution in [0.5, 0.6) is 0 Å². The van der Waals surface area contributed by atoms with Gasteiger partial charge in [-0.2, -0.15) is 0 Å². The standard InChI is InChI=1S/C17H21N3O3S/c21-14-10-13-17(20(14)7-3-9-23-17)6-8-19(13)16(22)15-18-11-4-1-2-5-12(11)24-15/h13H,1-10H2/t13-,17+/m1/s1. The second-order valence-electron chi connectivity index (χ2n) is 7.16. The lowest BCUT2D eigenvalue weighted by Gasteiger charge is -2.42. The van der Waals surface area contributed by atoms with Crippen molar-refractivity contribution < 1.29 is 14.3 Å². The molecule has 1 spiro atoms. The van der Waals surface area contributed by atoms with Crippen molar-refractivity contribution in [2.45, 2.75) is 56.7 Å². The van der Waals surface area contributed by atoms with Crippen LogP contribution in [0.1, 0.15) is 52.5 Å². The highest BCUT2D eigenvalue weighted by atomic mass is 32.1. The molecule has 4 aliphatic rings. The number of fused-ring (bicyclic) bond motifs is 1. The molecule has 1 aromatic rings. The Kier molecular flexibility index (Phi) is 3.25. The Hall–Kier alpha value is -1.47.